The molecule has 1 aromatic carbocycles. The minimum absolute atomic E-state index is 0.0716. The van der Waals surface area contributed by atoms with Crippen LogP contribution in [0.3, 0.4) is 0 Å². The van der Waals surface area contributed by atoms with Crippen molar-refractivity contribution < 1.29 is 24.5 Å². The highest BCUT2D eigenvalue weighted by molar-refractivity contribution is 5.77. The summed E-state index contributed by atoms with van der Waals surface area (Å²) in [5.74, 6) is -1.95. The standard InChI is InChI=1S/C14H16O5/c1-19-9-4-2-8(3-5-9)6-10-11(7-12(15)16)13(10)14(17)18/h2-5,10-11,13H,6-7H2,1H3,(H,15,16)(H,17,18)/t10?,11?,13-/m1/s1. The Labute approximate surface area is 110 Å². The summed E-state index contributed by atoms with van der Waals surface area (Å²) in [4.78, 5) is 21.7. The Morgan fingerprint density at radius 1 is 1.16 bits per heavy atom. The van der Waals surface area contributed by atoms with Crippen LogP contribution in [0.2, 0.25) is 0 Å². The van der Waals surface area contributed by atoms with E-state index in [2.05, 4.69) is 0 Å². The summed E-state index contributed by atoms with van der Waals surface area (Å²) in [5, 5.41) is 17.8. The molecule has 1 fully saturated rings. The number of rotatable bonds is 6. The first-order chi connectivity index (χ1) is 9.02. The summed E-state index contributed by atoms with van der Waals surface area (Å²) in [6, 6.07) is 7.40. The van der Waals surface area contributed by atoms with Gasteiger partial charge < -0.3 is 14.9 Å². The molecular formula is C14H16O5. The molecule has 0 radical (unpaired) electrons. The molecule has 19 heavy (non-hydrogen) atoms. The third kappa shape index (κ3) is 3.05. The first-order valence-corrected chi connectivity index (χ1v) is 6.10. The summed E-state index contributed by atoms with van der Waals surface area (Å²) in [6.07, 6.45) is 0.524. The minimum Gasteiger partial charge on any atom is -0.497 e. The zero-order valence-electron chi connectivity index (χ0n) is 10.6. The van der Waals surface area contributed by atoms with Crippen molar-refractivity contribution in [3.05, 3.63) is 29.8 Å². The lowest BCUT2D eigenvalue weighted by molar-refractivity contribution is -0.139. The summed E-state index contributed by atoms with van der Waals surface area (Å²) in [7, 11) is 1.58. The van der Waals surface area contributed by atoms with Gasteiger partial charge in [0, 0.05) is 6.42 Å². The van der Waals surface area contributed by atoms with Gasteiger partial charge in [0.15, 0.2) is 0 Å². The Morgan fingerprint density at radius 3 is 2.26 bits per heavy atom. The first kappa shape index (κ1) is 13.4. The molecule has 2 rings (SSSR count). The van der Waals surface area contributed by atoms with E-state index >= 15 is 0 Å². The van der Waals surface area contributed by atoms with Gasteiger partial charge in [0.2, 0.25) is 0 Å². The lowest BCUT2D eigenvalue weighted by atomic mass is 10.1. The Bertz CT molecular complexity index is 479. The molecule has 0 amide bonds. The van der Waals surface area contributed by atoms with E-state index in [0.29, 0.717) is 6.42 Å². The van der Waals surface area contributed by atoms with E-state index in [1.165, 1.54) is 0 Å². The highest BCUT2D eigenvalue weighted by Gasteiger charge is 2.55. The van der Waals surface area contributed by atoms with Crippen LogP contribution >= 0.6 is 0 Å². The van der Waals surface area contributed by atoms with Crippen LogP contribution in [0.1, 0.15) is 12.0 Å². The van der Waals surface area contributed by atoms with E-state index < -0.39 is 17.9 Å². The maximum Gasteiger partial charge on any atom is 0.307 e. The third-order valence-corrected chi connectivity index (χ3v) is 3.66. The van der Waals surface area contributed by atoms with Gasteiger partial charge in [-0.3, -0.25) is 9.59 Å². The molecule has 5 heteroatoms. The van der Waals surface area contributed by atoms with Crippen molar-refractivity contribution in [1.82, 2.24) is 0 Å². The van der Waals surface area contributed by atoms with Crippen molar-refractivity contribution in [1.29, 1.82) is 0 Å². The second-order valence-corrected chi connectivity index (χ2v) is 4.84. The highest BCUT2D eigenvalue weighted by atomic mass is 16.5. The average molecular weight is 264 g/mol. The number of hydrogen-bond donors (Lipinski definition) is 2. The van der Waals surface area contributed by atoms with E-state index in [-0.39, 0.29) is 18.3 Å². The Kier molecular flexibility index (Phi) is 3.74. The van der Waals surface area contributed by atoms with E-state index in [4.69, 9.17) is 14.9 Å². The number of carboxylic acid groups (broad SMARTS) is 2. The van der Waals surface area contributed by atoms with Gasteiger partial charge in [0.05, 0.1) is 13.0 Å². The van der Waals surface area contributed by atoms with Crippen molar-refractivity contribution >= 4 is 11.9 Å². The topological polar surface area (TPSA) is 83.8 Å². The zero-order chi connectivity index (χ0) is 14.0. The molecule has 0 heterocycles. The van der Waals surface area contributed by atoms with E-state index in [9.17, 15) is 9.59 Å². The third-order valence-electron chi connectivity index (χ3n) is 3.66. The van der Waals surface area contributed by atoms with E-state index in [0.717, 1.165) is 11.3 Å². The monoisotopic (exact) mass is 264 g/mol. The summed E-state index contributed by atoms with van der Waals surface area (Å²) in [6.45, 7) is 0. The zero-order valence-corrected chi connectivity index (χ0v) is 10.6. The quantitative estimate of drug-likeness (QED) is 0.816. The molecule has 0 saturated heterocycles. The molecule has 1 saturated carbocycles. The van der Waals surface area contributed by atoms with Crippen LogP contribution in [0.25, 0.3) is 0 Å². The summed E-state index contributed by atoms with van der Waals surface area (Å²) in [5.41, 5.74) is 1.00. The molecule has 0 aliphatic heterocycles. The first-order valence-electron chi connectivity index (χ1n) is 6.10. The van der Waals surface area contributed by atoms with Crippen molar-refractivity contribution in [2.45, 2.75) is 12.8 Å². The molecule has 0 bridgehead atoms. The molecule has 3 atom stereocenters. The lowest BCUT2D eigenvalue weighted by Gasteiger charge is -2.02. The van der Waals surface area contributed by atoms with Gasteiger partial charge in [0.25, 0.3) is 0 Å². The number of ether oxygens (including phenoxy) is 1. The van der Waals surface area contributed by atoms with Gasteiger partial charge in [-0.05, 0) is 36.0 Å². The smallest absolute Gasteiger partial charge is 0.307 e. The molecule has 102 valence electrons. The number of carbonyl (C=O) groups is 2. The molecule has 5 nitrogen and oxygen atoms in total. The van der Waals surface area contributed by atoms with Crippen LogP contribution in [0.5, 0.6) is 5.75 Å². The summed E-state index contributed by atoms with van der Waals surface area (Å²) < 4.78 is 5.05. The molecule has 2 N–H and O–H groups in total. The molecule has 0 aromatic heterocycles. The number of carboxylic acids is 2. The molecule has 0 spiro atoms. The van der Waals surface area contributed by atoms with Crippen molar-refractivity contribution in [2.75, 3.05) is 7.11 Å². The van der Waals surface area contributed by atoms with Crippen LogP contribution in [0.15, 0.2) is 24.3 Å². The normalized spacial score (nSPS) is 24.8. The number of benzene rings is 1. The number of hydrogen-bond acceptors (Lipinski definition) is 3. The SMILES string of the molecule is COc1ccc(CC2C(CC(=O)O)[C@@H]2C(=O)O)cc1. The van der Waals surface area contributed by atoms with Crippen molar-refractivity contribution in [3.63, 3.8) is 0 Å². The maximum atomic E-state index is 11.0. The Hall–Kier alpha value is -2.04. The predicted octanol–water partition coefficient (Wildman–Crippen LogP) is 1.66. The second kappa shape index (κ2) is 5.30. The fraction of sp³-hybridized carbons (Fsp3) is 0.429. The Balaban J connectivity index is 2.01. The fourth-order valence-corrected chi connectivity index (χ4v) is 2.60. The van der Waals surface area contributed by atoms with Gasteiger partial charge in [0.1, 0.15) is 5.75 Å². The second-order valence-electron chi connectivity index (χ2n) is 4.84. The van der Waals surface area contributed by atoms with Crippen LogP contribution in [-0.2, 0) is 16.0 Å². The fourth-order valence-electron chi connectivity index (χ4n) is 2.60. The maximum absolute atomic E-state index is 11.0. The van der Waals surface area contributed by atoms with Gasteiger partial charge >= 0.3 is 11.9 Å². The van der Waals surface area contributed by atoms with E-state index in [1.54, 1.807) is 7.11 Å². The number of methoxy groups -OCH3 is 1. The molecule has 2 unspecified atom stereocenters. The van der Waals surface area contributed by atoms with E-state index in [1.807, 2.05) is 24.3 Å². The Morgan fingerprint density at radius 2 is 1.79 bits per heavy atom. The van der Waals surface area contributed by atoms with Crippen LogP contribution in [0, 0.1) is 17.8 Å². The lowest BCUT2D eigenvalue weighted by Crippen LogP contribution is -2.03. The van der Waals surface area contributed by atoms with Crippen LogP contribution < -0.4 is 4.74 Å². The highest BCUT2D eigenvalue weighted by Crippen LogP contribution is 2.50. The van der Waals surface area contributed by atoms with Crippen molar-refractivity contribution in [3.8, 4) is 5.75 Å². The molecule has 1 aliphatic rings. The predicted molar refractivity (Wildman–Crippen MR) is 67.1 cm³/mol. The molecule has 1 aromatic rings. The minimum atomic E-state index is -0.937. The molecular weight excluding hydrogens is 248 g/mol. The van der Waals surface area contributed by atoms with Crippen LogP contribution in [0.4, 0.5) is 0 Å². The van der Waals surface area contributed by atoms with Crippen LogP contribution in [-0.4, -0.2) is 29.3 Å². The van der Waals surface area contributed by atoms with Gasteiger partial charge in [-0.2, -0.15) is 0 Å². The molecule has 1 aliphatic carbocycles. The van der Waals surface area contributed by atoms with Gasteiger partial charge in [-0.1, -0.05) is 12.1 Å². The van der Waals surface area contributed by atoms with Crippen molar-refractivity contribution in [2.24, 2.45) is 17.8 Å². The van der Waals surface area contributed by atoms with Gasteiger partial charge in [-0.25, -0.2) is 0 Å². The average Bonchev–Trinajstić information content (AvgIpc) is 3.02. The largest absolute Gasteiger partial charge is 0.497 e. The number of aliphatic carboxylic acids is 2. The summed E-state index contributed by atoms with van der Waals surface area (Å²) >= 11 is 0. The van der Waals surface area contributed by atoms with Gasteiger partial charge in [-0.15, -0.1) is 0 Å².